The van der Waals surface area contributed by atoms with E-state index in [1.165, 1.54) is 0 Å². The molecule has 2 N–H and O–H groups in total. The predicted octanol–water partition coefficient (Wildman–Crippen LogP) is 0.316. The van der Waals surface area contributed by atoms with Gasteiger partial charge in [-0.15, -0.1) is 24.0 Å². The fourth-order valence-electron chi connectivity index (χ4n) is 2.54. The van der Waals surface area contributed by atoms with Crippen LogP contribution in [0.4, 0.5) is 0 Å². The van der Waals surface area contributed by atoms with Gasteiger partial charge in [-0.05, 0) is 13.8 Å². The van der Waals surface area contributed by atoms with Crippen LogP contribution >= 0.6 is 24.0 Å². The summed E-state index contributed by atoms with van der Waals surface area (Å²) in [7, 11) is -1.30. The SMILES string of the molecule is CCNC(=NCCNS(=O)(=O)CC)N1CCOC(c2cnn(C)c2)C1.I. The Morgan fingerprint density at radius 3 is 2.85 bits per heavy atom. The first-order chi connectivity index (χ1) is 11.9. The van der Waals surface area contributed by atoms with Gasteiger partial charge in [0, 0.05) is 38.4 Å². The molecule has 0 aliphatic carbocycles. The average Bonchev–Trinajstić information content (AvgIpc) is 3.04. The second-order valence-corrected chi connectivity index (χ2v) is 7.88. The van der Waals surface area contributed by atoms with E-state index in [0.29, 0.717) is 26.2 Å². The van der Waals surface area contributed by atoms with E-state index >= 15 is 0 Å². The number of morpholine rings is 1. The number of hydrogen-bond acceptors (Lipinski definition) is 5. The summed E-state index contributed by atoms with van der Waals surface area (Å²) in [6.45, 7) is 7.07. The van der Waals surface area contributed by atoms with Crippen LogP contribution in [0.2, 0.25) is 0 Å². The van der Waals surface area contributed by atoms with Crippen molar-refractivity contribution in [3.8, 4) is 0 Å². The number of nitrogens with zero attached hydrogens (tertiary/aromatic N) is 4. The molecule has 1 aliphatic heterocycles. The van der Waals surface area contributed by atoms with Crippen molar-refractivity contribution in [3.05, 3.63) is 18.0 Å². The van der Waals surface area contributed by atoms with Crippen molar-refractivity contribution in [2.75, 3.05) is 45.1 Å². The summed E-state index contributed by atoms with van der Waals surface area (Å²) in [5.41, 5.74) is 1.04. The van der Waals surface area contributed by atoms with Gasteiger partial charge in [0.25, 0.3) is 0 Å². The van der Waals surface area contributed by atoms with E-state index in [4.69, 9.17) is 4.74 Å². The normalized spacial score (nSPS) is 18.5. The van der Waals surface area contributed by atoms with E-state index in [9.17, 15) is 8.42 Å². The van der Waals surface area contributed by atoms with E-state index in [1.54, 1.807) is 11.6 Å². The Bertz CT molecular complexity index is 679. The molecule has 1 saturated heterocycles. The van der Waals surface area contributed by atoms with Crippen molar-refractivity contribution in [2.24, 2.45) is 12.0 Å². The Kier molecular flexibility index (Phi) is 9.82. The minimum atomic E-state index is -3.18. The number of rotatable bonds is 7. The summed E-state index contributed by atoms with van der Waals surface area (Å²) < 4.78 is 33.1. The molecule has 1 unspecified atom stereocenters. The molecule has 11 heteroatoms. The van der Waals surface area contributed by atoms with Crippen LogP contribution in [0, 0.1) is 0 Å². The molecule has 0 radical (unpaired) electrons. The molecule has 150 valence electrons. The monoisotopic (exact) mass is 500 g/mol. The average molecular weight is 500 g/mol. The molecule has 1 aromatic rings. The summed E-state index contributed by atoms with van der Waals surface area (Å²) in [4.78, 5) is 6.67. The Balaban J connectivity index is 0.00000338. The van der Waals surface area contributed by atoms with Crippen molar-refractivity contribution >= 4 is 40.0 Å². The van der Waals surface area contributed by atoms with Crippen LogP contribution in [0.25, 0.3) is 0 Å². The van der Waals surface area contributed by atoms with Crippen molar-refractivity contribution in [2.45, 2.75) is 20.0 Å². The Morgan fingerprint density at radius 2 is 2.23 bits per heavy atom. The molecular weight excluding hydrogens is 471 g/mol. The van der Waals surface area contributed by atoms with Gasteiger partial charge in [0.05, 0.1) is 31.6 Å². The van der Waals surface area contributed by atoms with E-state index in [-0.39, 0.29) is 35.8 Å². The Hall–Kier alpha value is -0.920. The maximum absolute atomic E-state index is 11.5. The Labute approximate surface area is 172 Å². The highest BCUT2D eigenvalue weighted by molar-refractivity contribution is 14.0. The lowest BCUT2D eigenvalue weighted by atomic mass is 10.1. The lowest BCUT2D eigenvalue weighted by Crippen LogP contribution is -2.48. The minimum Gasteiger partial charge on any atom is -0.370 e. The summed E-state index contributed by atoms with van der Waals surface area (Å²) in [6, 6.07) is 0. The third-order valence-electron chi connectivity index (χ3n) is 3.87. The zero-order valence-electron chi connectivity index (χ0n) is 15.5. The number of aryl methyl sites for hydroxylation is 1. The van der Waals surface area contributed by atoms with Crippen molar-refractivity contribution < 1.29 is 13.2 Å². The van der Waals surface area contributed by atoms with Crippen molar-refractivity contribution in [1.82, 2.24) is 24.7 Å². The number of ether oxygens (including phenoxy) is 1. The first-order valence-electron chi connectivity index (χ1n) is 8.56. The summed E-state index contributed by atoms with van der Waals surface area (Å²) >= 11 is 0. The van der Waals surface area contributed by atoms with Crippen LogP contribution in [0.5, 0.6) is 0 Å². The van der Waals surface area contributed by atoms with Crippen LogP contribution in [0.1, 0.15) is 25.5 Å². The molecule has 1 aromatic heterocycles. The quantitative estimate of drug-likeness (QED) is 0.242. The van der Waals surface area contributed by atoms with Gasteiger partial charge in [-0.1, -0.05) is 0 Å². The highest BCUT2D eigenvalue weighted by Crippen LogP contribution is 2.21. The lowest BCUT2D eigenvalue weighted by molar-refractivity contribution is -0.00803. The summed E-state index contributed by atoms with van der Waals surface area (Å²) in [5, 5.41) is 7.46. The summed E-state index contributed by atoms with van der Waals surface area (Å²) in [6.07, 6.45) is 3.72. The van der Waals surface area contributed by atoms with Crippen LogP contribution in [-0.4, -0.2) is 74.1 Å². The molecule has 2 rings (SSSR count). The lowest BCUT2D eigenvalue weighted by Gasteiger charge is -2.34. The number of nitrogens with one attached hydrogen (secondary N) is 2. The predicted molar refractivity (Wildman–Crippen MR) is 112 cm³/mol. The van der Waals surface area contributed by atoms with Gasteiger partial charge in [-0.2, -0.15) is 5.10 Å². The number of aromatic nitrogens is 2. The molecule has 0 spiro atoms. The maximum atomic E-state index is 11.5. The van der Waals surface area contributed by atoms with Crippen LogP contribution < -0.4 is 10.0 Å². The standard InChI is InChI=1S/C15H28N6O3S.HI/c1-4-16-15(17-6-7-19-25(22,23)5-2)21-8-9-24-14(12-21)13-10-18-20(3)11-13;/h10-11,14,19H,4-9,12H2,1-3H3,(H,16,17);1H. The second-order valence-electron chi connectivity index (χ2n) is 5.79. The smallest absolute Gasteiger partial charge is 0.211 e. The molecule has 1 atom stereocenters. The third kappa shape index (κ3) is 7.00. The molecule has 1 fully saturated rings. The maximum Gasteiger partial charge on any atom is 0.211 e. The second kappa shape index (κ2) is 11.0. The first-order valence-corrected chi connectivity index (χ1v) is 10.2. The molecular formula is C15H29IN6O3S. The molecule has 1 aliphatic rings. The highest BCUT2D eigenvalue weighted by Gasteiger charge is 2.25. The number of halogens is 1. The van der Waals surface area contributed by atoms with Gasteiger partial charge in [-0.3, -0.25) is 9.67 Å². The molecule has 0 bridgehead atoms. The number of sulfonamides is 1. The van der Waals surface area contributed by atoms with E-state index in [0.717, 1.165) is 24.6 Å². The largest absolute Gasteiger partial charge is 0.370 e. The topological polar surface area (TPSA) is 101 Å². The molecule has 0 saturated carbocycles. The van der Waals surface area contributed by atoms with Gasteiger partial charge in [0.1, 0.15) is 6.10 Å². The minimum absolute atomic E-state index is 0. The van der Waals surface area contributed by atoms with E-state index < -0.39 is 10.0 Å². The van der Waals surface area contributed by atoms with Gasteiger partial charge in [-0.25, -0.2) is 13.1 Å². The molecule has 9 nitrogen and oxygen atoms in total. The molecule has 0 aromatic carbocycles. The van der Waals surface area contributed by atoms with Crippen molar-refractivity contribution in [1.29, 1.82) is 0 Å². The van der Waals surface area contributed by atoms with Crippen molar-refractivity contribution in [3.63, 3.8) is 0 Å². The molecule has 2 heterocycles. The number of guanidine groups is 1. The van der Waals surface area contributed by atoms with Crippen LogP contribution in [-0.2, 0) is 21.8 Å². The van der Waals surface area contributed by atoms with Crippen LogP contribution in [0.3, 0.4) is 0 Å². The van der Waals surface area contributed by atoms with E-state index in [2.05, 4.69) is 25.0 Å². The van der Waals surface area contributed by atoms with Gasteiger partial charge < -0.3 is 15.0 Å². The first kappa shape index (κ1) is 23.1. The third-order valence-corrected chi connectivity index (χ3v) is 5.28. The molecule has 0 amide bonds. The van der Waals surface area contributed by atoms with E-state index in [1.807, 2.05) is 26.4 Å². The number of aliphatic imine (C=N–C) groups is 1. The summed E-state index contributed by atoms with van der Waals surface area (Å²) in [5.74, 6) is 0.850. The molecule has 26 heavy (non-hydrogen) atoms. The van der Waals surface area contributed by atoms with Gasteiger partial charge >= 0.3 is 0 Å². The zero-order chi connectivity index (χ0) is 18.3. The zero-order valence-corrected chi connectivity index (χ0v) is 18.7. The van der Waals surface area contributed by atoms with Gasteiger partial charge in [0.2, 0.25) is 10.0 Å². The fourth-order valence-corrected chi connectivity index (χ4v) is 3.15. The van der Waals surface area contributed by atoms with Crippen LogP contribution in [0.15, 0.2) is 17.4 Å². The fraction of sp³-hybridized carbons (Fsp3) is 0.733. The highest BCUT2D eigenvalue weighted by atomic mass is 127. The Morgan fingerprint density at radius 1 is 1.46 bits per heavy atom. The number of hydrogen-bond donors (Lipinski definition) is 2. The van der Waals surface area contributed by atoms with Gasteiger partial charge in [0.15, 0.2) is 5.96 Å².